The number of nitrogens with zero attached hydrogens (tertiary/aromatic N) is 3. The van der Waals surface area contributed by atoms with Gasteiger partial charge in [0.05, 0.1) is 5.41 Å². The van der Waals surface area contributed by atoms with Crippen molar-refractivity contribution in [1.29, 1.82) is 0 Å². The Morgan fingerprint density at radius 3 is 2.00 bits per heavy atom. The molecule has 3 nitrogen and oxygen atoms in total. The van der Waals surface area contributed by atoms with Crippen LogP contribution in [-0.2, 0) is 5.41 Å². The SMILES string of the molecule is C1=CC2=C(CC1)C1(C3=CCCC=C3c3ccccc31)c1cc(-c3cccc(-c4cccc(-c5nc(C6=CCCCC6)nc(-c6ccccc6)n5)c4)c3)c3ccccc3c12. The van der Waals surface area contributed by atoms with Crippen molar-refractivity contribution < 1.29 is 0 Å². The molecule has 1 unspecified atom stereocenters. The molecule has 3 heteroatoms. The molecule has 1 heterocycles. The van der Waals surface area contributed by atoms with Gasteiger partial charge in [0.2, 0.25) is 0 Å². The molecule has 0 N–H and O–H groups in total. The highest BCUT2D eigenvalue weighted by atomic mass is 15.0. The molecule has 5 aliphatic rings. The molecule has 7 aromatic rings. The van der Waals surface area contributed by atoms with E-state index in [0.717, 1.165) is 61.0 Å². The second-order valence-corrected chi connectivity index (χ2v) is 16.6. The van der Waals surface area contributed by atoms with Crippen LogP contribution in [-0.4, -0.2) is 15.0 Å². The van der Waals surface area contributed by atoms with Crippen molar-refractivity contribution in [3.05, 3.63) is 203 Å². The molecular formula is C56H43N3. The lowest BCUT2D eigenvalue weighted by Gasteiger charge is -2.35. The first-order valence-electron chi connectivity index (χ1n) is 21.5. The Bertz CT molecular complexity index is 3050. The quantitative estimate of drug-likeness (QED) is 0.175. The van der Waals surface area contributed by atoms with E-state index in [0.29, 0.717) is 11.6 Å². The number of aromatic nitrogens is 3. The number of benzene rings is 6. The van der Waals surface area contributed by atoms with E-state index in [1.54, 1.807) is 5.57 Å². The van der Waals surface area contributed by atoms with Gasteiger partial charge in [0.15, 0.2) is 17.5 Å². The fraction of sp³-hybridized carbons (Fsp3) is 0.161. The average molecular weight is 758 g/mol. The predicted octanol–water partition coefficient (Wildman–Crippen LogP) is 14.2. The third-order valence-electron chi connectivity index (χ3n) is 13.4. The van der Waals surface area contributed by atoms with Crippen LogP contribution < -0.4 is 0 Å². The number of hydrogen-bond donors (Lipinski definition) is 0. The summed E-state index contributed by atoms with van der Waals surface area (Å²) in [4.78, 5) is 15.2. The summed E-state index contributed by atoms with van der Waals surface area (Å²) in [5.41, 5.74) is 19.4. The first-order chi connectivity index (χ1) is 29.3. The van der Waals surface area contributed by atoms with Crippen molar-refractivity contribution in [3.8, 4) is 45.0 Å². The summed E-state index contributed by atoms with van der Waals surface area (Å²) < 4.78 is 0. The number of hydrogen-bond acceptors (Lipinski definition) is 3. The van der Waals surface area contributed by atoms with E-state index in [1.807, 2.05) is 18.2 Å². The van der Waals surface area contributed by atoms with Gasteiger partial charge in [-0.3, -0.25) is 0 Å². The van der Waals surface area contributed by atoms with Gasteiger partial charge in [-0.25, -0.2) is 15.0 Å². The summed E-state index contributed by atoms with van der Waals surface area (Å²) in [5, 5.41) is 2.63. The Kier molecular flexibility index (Phi) is 7.98. The molecule has 0 fully saturated rings. The minimum Gasteiger partial charge on any atom is -0.209 e. The van der Waals surface area contributed by atoms with Crippen LogP contribution in [0.25, 0.3) is 72.5 Å². The lowest BCUT2D eigenvalue weighted by Crippen LogP contribution is -2.28. The van der Waals surface area contributed by atoms with Crippen molar-refractivity contribution in [3.63, 3.8) is 0 Å². The van der Waals surface area contributed by atoms with Crippen LogP contribution in [0.5, 0.6) is 0 Å². The second kappa shape index (κ2) is 13.7. The summed E-state index contributed by atoms with van der Waals surface area (Å²) >= 11 is 0. The number of rotatable bonds is 5. The third kappa shape index (κ3) is 5.30. The zero-order valence-electron chi connectivity index (χ0n) is 33.1. The van der Waals surface area contributed by atoms with Crippen LogP contribution in [0.4, 0.5) is 0 Å². The van der Waals surface area contributed by atoms with Gasteiger partial charge in [-0.2, -0.15) is 0 Å². The van der Waals surface area contributed by atoms with Crippen molar-refractivity contribution in [2.24, 2.45) is 0 Å². The fourth-order valence-electron chi connectivity index (χ4n) is 10.9. The Labute approximate surface area is 346 Å². The molecule has 0 saturated heterocycles. The minimum atomic E-state index is -0.279. The fourth-order valence-corrected chi connectivity index (χ4v) is 10.9. The van der Waals surface area contributed by atoms with Gasteiger partial charge in [-0.1, -0.05) is 146 Å². The normalized spacial score (nSPS) is 18.9. The van der Waals surface area contributed by atoms with E-state index >= 15 is 0 Å². The Morgan fingerprint density at radius 1 is 0.458 bits per heavy atom. The predicted molar refractivity (Wildman–Crippen MR) is 243 cm³/mol. The monoisotopic (exact) mass is 757 g/mol. The van der Waals surface area contributed by atoms with E-state index in [2.05, 4.69) is 146 Å². The van der Waals surface area contributed by atoms with Crippen molar-refractivity contribution in [1.82, 2.24) is 15.0 Å². The van der Waals surface area contributed by atoms with Crippen LogP contribution >= 0.6 is 0 Å². The highest BCUT2D eigenvalue weighted by molar-refractivity contribution is 6.11. The molecule has 0 bridgehead atoms. The summed E-state index contributed by atoms with van der Waals surface area (Å²) in [7, 11) is 0. The first-order valence-corrected chi connectivity index (χ1v) is 21.5. The van der Waals surface area contributed by atoms with E-state index < -0.39 is 0 Å². The van der Waals surface area contributed by atoms with Gasteiger partial charge in [0.25, 0.3) is 0 Å². The summed E-state index contributed by atoms with van der Waals surface area (Å²) in [6.07, 6.45) is 21.0. The summed E-state index contributed by atoms with van der Waals surface area (Å²) in [6, 6.07) is 49.1. The number of fused-ring (bicyclic) bond motifs is 11. The van der Waals surface area contributed by atoms with E-state index in [1.165, 1.54) is 84.9 Å². The van der Waals surface area contributed by atoms with Crippen LogP contribution in [0.3, 0.4) is 0 Å². The highest BCUT2D eigenvalue weighted by Crippen LogP contribution is 2.66. The van der Waals surface area contributed by atoms with E-state index in [9.17, 15) is 0 Å². The van der Waals surface area contributed by atoms with Gasteiger partial charge in [-0.15, -0.1) is 0 Å². The zero-order valence-corrected chi connectivity index (χ0v) is 33.1. The molecule has 0 amide bonds. The maximum atomic E-state index is 5.12. The first kappa shape index (κ1) is 34.3. The van der Waals surface area contributed by atoms with E-state index in [-0.39, 0.29) is 5.41 Å². The van der Waals surface area contributed by atoms with Gasteiger partial charge in [-0.05, 0) is 153 Å². The molecule has 59 heavy (non-hydrogen) atoms. The molecule has 1 spiro atoms. The maximum Gasteiger partial charge on any atom is 0.164 e. The van der Waals surface area contributed by atoms with Gasteiger partial charge >= 0.3 is 0 Å². The number of allylic oxidation sites excluding steroid dienone is 10. The van der Waals surface area contributed by atoms with Crippen LogP contribution in [0, 0.1) is 0 Å². The van der Waals surface area contributed by atoms with Crippen molar-refractivity contribution >= 4 is 27.5 Å². The molecule has 0 saturated carbocycles. The molecule has 0 aliphatic heterocycles. The van der Waals surface area contributed by atoms with E-state index in [4.69, 9.17) is 15.0 Å². The van der Waals surface area contributed by atoms with Crippen molar-refractivity contribution in [2.75, 3.05) is 0 Å². The Balaban J connectivity index is 1.02. The Morgan fingerprint density at radius 2 is 1.15 bits per heavy atom. The molecule has 282 valence electrons. The lowest BCUT2D eigenvalue weighted by molar-refractivity contribution is 0.708. The van der Waals surface area contributed by atoms with Gasteiger partial charge in [0.1, 0.15) is 0 Å². The third-order valence-corrected chi connectivity index (χ3v) is 13.4. The molecular weight excluding hydrogens is 715 g/mol. The van der Waals surface area contributed by atoms with Crippen LogP contribution in [0.15, 0.2) is 175 Å². The average Bonchev–Trinajstić information content (AvgIpc) is 3.79. The maximum absolute atomic E-state index is 5.12. The molecule has 6 aromatic carbocycles. The topological polar surface area (TPSA) is 38.7 Å². The molecule has 1 aromatic heterocycles. The minimum absolute atomic E-state index is 0.279. The molecule has 5 aliphatic carbocycles. The lowest BCUT2D eigenvalue weighted by atomic mass is 9.66. The smallest absolute Gasteiger partial charge is 0.164 e. The summed E-state index contributed by atoms with van der Waals surface area (Å²) in [5.74, 6) is 2.22. The molecule has 12 rings (SSSR count). The standard InChI is InChI=1S/C56H43N3/c1-3-17-36(18-4-1)53-57-54(37-19-5-2-6-20-37)59-55(58-53)41-24-16-22-39(34-41)38-21-15-23-40(33-38)47-35-51-52(45-28-8-7-25-42(45)47)46-29-11-14-32-50(46)56(51)48-30-12-9-26-43(48)44-27-10-13-31-49(44)56/h1,3-4,7-9,11-12,15-19,21-31,33-35H,2,5-6,10,13-14,20,32H2. The highest BCUT2D eigenvalue weighted by Gasteiger charge is 2.54. The second-order valence-electron chi connectivity index (χ2n) is 16.6. The van der Waals surface area contributed by atoms with Crippen LogP contribution in [0.2, 0.25) is 0 Å². The Hall–Kier alpha value is -6.71. The van der Waals surface area contributed by atoms with Gasteiger partial charge in [0, 0.05) is 11.1 Å². The van der Waals surface area contributed by atoms with Gasteiger partial charge < -0.3 is 0 Å². The van der Waals surface area contributed by atoms with Crippen molar-refractivity contribution in [2.45, 2.75) is 56.8 Å². The van der Waals surface area contributed by atoms with Crippen LogP contribution in [0.1, 0.15) is 79.4 Å². The molecule has 1 atom stereocenters. The largest absolute Gasteiger partial charge is 0.209 e. The summed E-state index contributed by atoms with van der Waals surface area (Å²) in [6.45, 7) is 0. The molecule has 0 radical (unpaired) electrons. The zero-order chi connectivity index (χ0) is 38.9.